The largest absolute Gasteiger partial charge is 0.301 e. The summed E-state index contributed by atoms with van der Waals surface area (Å²) in [4.78, 5) is 25.5. The van der Waals surface area contributed by atoms with Gasteiger partial charge in [-0.2, -0.15) is 0 Å². The first-order valence-electron chi connectivity index (χ1n) is 7.16. The first-order valence-corrected chi connectivity index (χ1v) is 7.94. The molecule has 1 amide bonds. The minimum absolute atomic E-state index is 0.103. The van der Waals surface area contributed by atoms with Crippen LogP contribution in [-0.2, 0) is 4.79 Å². The monoisotopic (exact) mass is 311 g/mol. The topological polar surface area (TPSA) is 37.4 Å². The van der Waals surface area contributed by atoms with E-state index in [0.717, 1.165) is 33.4 Å². The molecular formula is C18H17NO2S. The van der Waals surface area contributed by atoms with E-state index in [4.69, 9.17) is 0 Å². The normalized spacial score (nSPS) is 16.5. The van der Waals surface area contributed by atoms with Gasteiger partial charge in [-0.25, -0.2) is 0 Å². The van der Waals surface area contributed by atoms with Gasteiger partial charge in [0, 0.05) is 10.5 Å². The molecule has 0 aliphatic carbocycles. The summed E-state index contributed by atoms with van der Waals surface area (Å²) in [6.45, 7) is 5.90. The van der Waals surface area contributed by atoms with Crippen LogP contribution in [0.5, 0.6) is 0 Å². The van der Waals surface area contributed by atoms with Crippen molar-refractivity contribution in [3.8, 4) is 0 Å². The van der Waals surface area contributed by atoms with E-state index in [1.54, 1.807) is 4.31 Å². The van der Waals surface area contributed by atoms with E-state index in [1.165, 1.54) is 11.9 Å². The maximum atomic E-state index is 13.0. The SMILES string of the molecule is Cc1cc(C)c(C(=O)N2Sc3ccccc3C2C=O)c(C)c1. The van der Waals surface area contributed by atoms with Crippen LogP contribution < -0.4 is 0 Å². The van der Waals surface area contributed by atoms with Crippen molar-refractivity contribution in [2.24, 2.45) is 0 Å². The van der Waals surface area contributed by atoms with Gasteiger partial charge < -0.3 is 4.79 Å². The summed E-state index contributed by atoms with van der Waals surface area (Å²) < 4.78 is 1.59. The summed E-state index contributed by atoms with van der Waals surface area (Å²) in [5.74, 6) is -0.103. The van der Waals surface area contributed by atoms with Crippen molar-refractivity contribution in [1.82, 2.24) is 4.31 Å². The average molecular weight is 311 g/mol. The number of nitrogens with zero attached hydrogens (tertiary/aromatic N) is 1. The summed E-state index contributed by atoms with van der Waals surface area (Å²) in [7, 11) is 0. The van der Waals surface area contributed by atoms with Crippen molar-refractivity contribution in [3.05, 3.63) is 64.2 Å². The average Bonchev–Trinajstić information content (AvgIpc) is 2.84. The van der Waals surface area contributed by atoms with E-state index in [2.05, 4.69) is 0 Å². The molecule has 0 saturated heterocycles. The molecule has 0 N–H and O–H groups in total. The van der Waals surface area contributed by atoms with Gasteiger partial charge in [0.2, 0.25) is 0 Å². The van der Waals surface area contributed by atoms with E-state index in [-0.39, 0.29) is 5.91 Å². The van der Waals surface area contributed by atoms with Gasteiger partial charge >= 0.3 is 0 Å². The number of carbonyl (C=O) groups is 2. The Bertz CT molecular complexity index is 746. The van der Waals surface area contributed by atoms with Gasteiger partial charge in [0.15, 0.2) is 0 Å². The lowest BCUT2D eigenvalue weighted by Crippen LogP contribution is -2.27. The van der Waals surface area contributed by atoms with Gasteiger partial charge in [0.1, 0.15) is 12.3 Å². The van der Waals surface area contributed by atoms with Crippen LogP contribution in [0.15, 0.2) is 41.3 Å². The molecule has 2 aromatic rings. The number of aryl methyl sites for hydroxylation is 3. The van der Waals surface area contributed by atoms with Gasteiger partial charge in [-0.3, -0.25) is 9.10 Å². The molecule has 1 aliphatic rings. The van der Waals surface area contributed by atoms with Crippen LogP contribution in [0.2, 0.25) is 0 Å². The van der Waals surface area contributed by atoms with Gasteiger partial charge in [0.05, 0.1) is 0 Å². The summed E-state index contributed by atoms with van der Waals surface area (Å²) in [6, 6.07) is 11.2. The zero-order valence-corrected chi connectivity index (χ0v) is 13.6. The molecule has 112 valence electrons. The smallest absolute Gasteiger partial charge is 0.265 e. The van der Waals surface area contributed by atoms with E-state index in [0.29, 0.717) is 5.56 Å². The highest BCUT2D eigenvalue weighted by molar-refractivity contribution is 7.98. The third-order valence-corrected chi connectivity index (χ3v) is 5.07. The minimum Gasteiger partial charge on any atom is -0.301 e. The third-order valence-electron chi connectivity index (χ3n) is 3.91. The fourth-order valence-electron chi connectivity index (χ4n) is 3.02. The van der Waals surface area contributed by atoms with Crippen molar-refractivity contribution in [1.29, 1.82) is 0 Å². The highest BCUT2D eigenvalue weighted by Crippen LogP contribution is 2.44. The quantitative estimate of drug-likeness (QED) is 0.621. The number of aldehydes is 1. The molecule has 3 nitrogen and oxygen atoms in total. The van der Waals surface area contributed by atoms with Crippen LogP contribution in [0.1, 0.15) is 38.7 Å². The molecular weight excluding hydrogens is 294 g/mol. The Kier molecular flexibility index (Phi) is 3.79. The fourth-order valence-corrected chi connectivity index (χ4v) is 4.12. The van der Waals surface area contributed by atoms with E-state index < -0.39 is 6.04 Å². The maximum absolute atomic E-state index is 13.0. The standard InChI is InChI=1S/C18H17NO2S/c1-11-8-12(2)17(13(3)9-11)18(21)19-15(10-20)14-6-4-5-7-16(14)22-19/h4-10,15H,1-3H3. The van der Waals surface area contributed by atoms with Crippen LogP contribution in [0.4, 0.5) is 0 Å². The Morgan fingerprint density at radius 3 is 2.41 bits per heavy atom. The second-order valence-corrected chi connectivity index (χ2v) is 6.63. The highest BCUT2D eigenvalue weighted by atomic mass is 32.2. The lowest BCUT2D eigenvalue weighted by molar-refractivity contribution is -0.110. The van der Waals surface area contributed by atoms with Crippen LogP contribution in [0.3, 0.4) is 0 Å². The van der Waals surface area contributed by atoms with Crippen LogP contribution >= 0.6 is 11.9 Å². The van der Waals surface area contributed by atoms with Crippen LogP contribution in [0.25, 0.3) is 0 Å². The van der Waals surface area contributed by atoms with Crippen LogP contribution in [-0.4, -0.2) is 16.5 Å². The summed E-state index contributed by atoms with van der Waals surface area (Å²) >= 11 is 1.35. The molecule has 1 aliphatic heterocycles. The number of rotatable bonds is 2. The second kappa shape index (κ2) is 5.61. The van der Waals surface area contributed by atoms with E-state index in [9.17, 15) is 9.59 Å². The first kappa shape index (κ1) is 14.9. The number of carbonyl (C=O) groups excluding carboxylic acids is 2. The minimum atomic E-state index is -0.520. The lowest BCUT2D eigenvalue weighted by Gasteiger charge is -2.21. The number of amides is 1. The summed E-state index contributed by atoms with van der Waals surface area (Å²) in [5, 5.41) is 0. The molecule has 3 rings (SSSR count). The Morgan fingerprint density at radius 2 is 1.77 bits per heavy atom. The molecule has 1 unspecified atom stereocenters. The van der Waals surface area contributed by atoms with Gasteiger partial charge in [-0.05, 0) is 55.5 Å². The predicted octanol–water partition coefficient (Wildman–Crippen LogP) is 4.01. The number of hydrogen-bond donors (Lipinski definition) is 0. The Hall–Kier alpha value is -2.07. The molecule has 0 bridgehead atoms. The van der Waals surface area contributed by atoms with Crippen molar-refractivity contribution in [3.63, 3.8) is 0 Å². The molecule has 4 heteroatoms. The van der Waals surface area contributed by atoms with Gasteiger partial charge in [-0.15, -0.1) is 0 Å². The Morgan fingerprint density at radius 1 is 1.14 bits per heavy atom. The highest BCUT2D eigenvalue weighted by Gasteiger charge is 2.35. The van der Waals surface area contributed by atoms with Crippen molar-refractivity contribution < 1.29 is 9.59 Å². The first-order chi connectivity index (χ1) is 10.5. The van der Waals surface area contributed by atoms with Crippen molar-refractivity contribution in [2.75, 3.05) is 0 Å². The van der Waals surface area contributed by atoms with Crippen molar-refractivity contribution >= 4 is 24.1 Å². The Labute approximate surface area is 134 Å². The number of hydrogen-bond acceptors (Lipinski definition) is 3. The molecule has 0 radical (unpaired) electrons. The van der Waals surface area contributed by atoms with Crippen molar-refractivity contribution in [2.45, 2.75) is 31.7 Å². The van der Waals surface area contributed by atoms with Gasteiger partial charge in [0.25, 0.3) is 5.91 Å². The summed E-state index contributed by atoms with van der Waals surface area (Å²) in [6.07, 6.45) is 0.843. The predicted molar refractivity (Wildman–Crippen MR) is 87.9 cm³/mol. The number of fused-ring (bicyclic) bond motifs is 1. The molecule has 22 heavy (non-hydrogen) atoms. The summed E-state index contributed by atoms with van der Waals surface area (Å²) in [5.41, 5.74) is 4.62. The molecule has 2 aromatic carbocycles. The van der Waals surface area contributed by atoms with E-state index >= 15 is 0 Å². The van der Waals surface area contributed by atoms with Crippen LogP contribution in [0, 0.1) is 20.8 Å². The molecule has 0 aromatic heterocycles. The lowest BCUT2D eigenvalue weighted by atomic mass is 9.98. The molecule has 0 fully saturated rings. The number of benzene rings is 2. The molecule has 0 spiro atoms. The molecule has 0 saturated carbocycles. The molecule has 1 heterocycles. The second-order valence-electron chi connectivity index (χ2n) is 5.61. The third kappa shape index (κ3) is 2.33. The zero-order chi connectivity index (χ0) is 15.9. The fraction of sp³-hybridized carbons (Fsp3) is 0.222. The van der Waals surface area contributed by atoms with E-state index in [1.807, 2.05) is 57.2 Å². The maximum Gasteiger partial charge on any atom is 0.265 e. The zero-order valence-electron chi connectivity index (χ0n) is 12.8. The van der Waals surface area contributed by atoms with Gasteiger partial charge in [-0.1, -0.05) is 35.9 Å². The molecule has 1 atom stereocenters. The Balaban J connectivity index is 2.03.